The molecular weight excluding hydrogens is 452 g/mol. The Bertz CT molecular complexity index is 1160. The summed E-state index contributed by atoms with van der Waals surface area (Å²) in [4.78, 5) is 8.37. The van der Waals surface area contributed by atoms with Crippen molar-refractivity contribution in [2.75, 3.05) is 0 Å². The first-order valence-corrected chi connectivity index (χ1v) is 12.2. The predicted octanol–water partition coefficient (Wildman–Crippen LogP) is 8.53. The second-order valence-electron chi connectivity index (χ2n) is 9.38. The molecule has 1 aliphatic rings. The van der Waals surface area contributed by atoms with Gasteiger partial charge in [-0.2, -0.15) is 0 Å². The maximum absolute atomic E-state index is 15.0. The molecule has 1 fully saturated rings. The zero-order valence-corrected chi connectivity index (χ0v) is 19.9. The number of hydrogen-bond donors (Lipinski definition) is 0. The van der Waals surface area contributed by atoms with Crippen molar-refractivity contribution in [1.82, 2.24) is 9.97 Å². The van der Waals surface area contributed by atoms with Gasteiger partial charge in [-0.15, -0.1) is 6.58 Å². The standard InChI is InChI=1S/C29H30F4N2/c1-3-5-7-19-17-34-28(35-18-19)25-15-14-24(26(30)27(25)31)21-10-8-20(9-11-21)22-12-13-23(6-4-2)29(32,33)16-22/h3,8-11,14-15,17-18,22-23H,1,4-7,12-13,16H2,2H3. The molecule has 35 heavy (non-hydrogen) atoms. The van der Waals surface area contributed by atoms with Crippen LogP contribution in [0.3, 0.4) is 0 Å². The van der Waals surface area contributed by atoms with Gasteiger partial charge in [0.2, 0.25) is 0 Å². The second kappa shape index (κ2) is 10.7. The number of nitrogens with zero attached hydrogens (tertiary/aromatic N) is 2. The molecule has 0 N–H and O–H groups in total. The van der Waals surface area contributed by atoms with Gasteiger partial charge in [0.1, 0.15) is 0 Å². The van der Waals surface area contributed by atoms with E-state index in [9.17, 15) is 13.2 Å². The number of allylic oxidation sites excluding steroid dienone is 1. The summed E-state index contributed by atoms with van der Waals surface area (Å²) >= 11 is 0. The summed E-state index contributed by atoms with van der Waals surface area (Å²) < 4.78 is 59.1. The number of rotatable bonds is 8. The average Bonchev–Trinajstić information content (AvgIpc) is 2.86. The summed E-state index contributed by atoms with van der Waals surface area (Å²) in [6.45, 7) is 5.61. The lowest BCUT2D eigenvalue weighted by molar-refractivity contribution is -0.0945. The van der Waals surface area contributed by atoms with E-state index in [0.717, 1.165) is 30.4 Å². The lowest BCUT2D eigenvalue weighted by Gasteiger charge is -2.36. The van der Waals surface area contributed by atoms with E-state index in [0.29, 0.717) is 24.8 Å². The van der Waals surface area contributed by atoms with E-state index >= 15 is 4.39 Å². The summed E-state index contributed by atoms with van der Waals surface area (Å²) in [5, 5.41) is 0. The van der Waals surface area contributed by atoms with E-state index in [1.807, 2.05) is 6.92 Å². The zero-order valence-electron chi connectivity index (χ0n) is 19.9. The third kappa shape index (κ3) is 5.47. The minimum Gasteiger partial charge on any atom is -0.236 e. The second-order valence-corrected chi connectivity index (χ2v) is 9.38. The fourth-order valence-electron chi connectivity index (χ4n) is 4.97. The van der Waals surface area contributed by atoms with Crippen molar-refractivity contribution in [3.05, 3.63) is 84.2 Å². The van der Waals surface area contributed by atoms with Crippen molar-refractivity contribution < 1.29 is 17.6 Å². The van der Waals surface area contributed by atoms with E-state index in [1.165, 1.54) is 12.1 Å². The van der Waals surface area contributed by atoms with E-state index in [4.69, 9.17) is 0 Å². The number of benzene rings is 2. The van der Waals surface area contributed by atoms with Crippen molar-refractivity contribution in [1.29, 1.82) is 0 Å². The first-order valence-electron chi connectivity index (χ1n) is 12.2. The Kier molecular flexibility index (Phi) is 7.68. The molecule has 1 saturated carbocycles. The highest BCUT2D eigenvalue weighted by Gasteiger charge is 2.44. The zero-order chi connectivity index (χ0) is 25.0. The Morgan fingerprint density at radius 3 is 2.26 bits per heavy atom. The molecule has 2 unspecified atom stereocenters. The van der Waals surface area contributed by atoms with Gasteiger partial charge in [-0.3, -0.25) is 0 Å². The van der Waals surface area contributed by atoms with E-state index in [-0.39, 0.29) is 29.3 Å². The molecule has 6 heteroatoms. The lowest BCUT2D eigenvalue weighted by atomic mass is 9.74. The van der Waals surface area contributed by atoms with Crippen LogP contribution in [0.4, 0.5) is 17.6 Å². The van der Waals surface area contributed by atoms with Crippen LogP contribution >= 0.6 is 0 Å². The third-order valence-electron chi connectivity index (χ3n) is 6.98. The minimum atomic E-state index is -2.67. The van der Waals surface area contributed by atoms with Gasteiger partial charge in [-0.05, 0) is 60.8 Å². The van der Waals surface area contributed by atoms with Crippen molar-refractivity contribution >= 4 is 0 Å². The molecule has 0 bridgehead atoms. The van der Waals surface area contributed by atoms with Crippen LogP contribution in [-0.4, -0.2) is 15.9 Å². The molecule has 184 valence electrons. The van der Waals surface area contributed by atoms with Gasteiger partial charge in [0.25, 0.3) is 5.92 Å². The van der Waals surface area contributed by atoms with Crippen LogP contribution in [0.2, 0.25) is 0 Å². The molecule has 2 aromatic carbocycles. The van der Waals surface area contributed by atoms with Crippen LogP contribution in [0.15, 0.2) is 61.4 Å². The summed E-state index contributed by atoms with van der Waals surface area (Å²) in [6.07, 6.45) is 8.87. The van der Waals surface area contributed by atoms with E-state index < -0.39 is 23.5 Å². The van der Waals surface area contributed by atoms with Crippen LogP contribution in [0.25, 0.3) is 22.5 Å². The van der Waals surface area contributed by atoms with Crippen molar-refractivity contribution in [3.8, 4) is 22.5 Å². The molecule has 2 atom stereocenters. The minimum absolute atomic E-state index is 0.00999. The molecule has 1 aliphatic carbocycles. The molecule has 0 radical (unpaired) electrons. The number of hydrogen-bond acceptors (Lipinski definition) is 2. The third-order valence-corrected chi connectivity index (χ3v) is 6.98. The Hall–Kier alpha value is -3.02. The number of halogens is 4. The molecule has 0 saturated heterocycles. The first kappa shape index (κ1) is 25.1. The maximum atomic E-state index is 15.0. The van der Waals surface area contributed by atoms with Gasteiger partial charge in [0.15, 0.2) is 17.5 Å². The summed E-state index contributed by atoms with van der Waals surface area (Å²) in [6, 6.07) is 9.83. The van der Waals surface area contributed by atoms with Crippen molar-refractivity contribution in [2.24, 2.45) is 5.92 Å². The first-order chi connectivity index (χ1) is 16.8. The number of alkyl halides is 2. The van der Waals surface area contributed by atoms with E-state index in [2.05, 4.69) is 16.5 Å². The molecule has 1 heterocycles. The average molecular weight is 483 g/mol. The molecule has 4 rings (SSSR count). The highest BCUT2D eigenvalue weighted by atomic mass is 19.3. The van der Waals surface area contributed by atoms with Crippen LogP contribution in [0.1, 0.15) is 62.5 Å². The highest BCUT2D eigenvalue weighted by Crippen LogP contribution is 2.47. The molecular formula is C29H30F4N2. The van der Waals surface area contributed by atoms with Gasteiger partial charge in [0.05, 0.1) is 5.56 Å². The van der Waals surface area contributed by atoms with Crippen LogP contribution in [-0.2, 0) is 6.42 Å². The predicted molar refractivity (Wildman–Crippen MR) is 131 cm³/mol. The van der Waals surface area contributed by atoms with Crippen LogP contribution in [0, 0.1) is 17.6 Å². The summed E-state index contributed by atoms with van der Waals surface area (Å²) in [7, 11) is 0. The van der Waals surface area contributed by atoms with Gasteiger partial charge in [0, 0.05) is 30.3 Å². The molecule has 2 nitrogen and oxygen atoms in total. The fourth-order valence-corrected chi connectivity index (χ4v) is 4.97. The van der Waals surface area contributed by atoms with Gasteiger partial charge in [-0.25, -0.2) is 27.5 Å². The Morgan fingerprint density at radius 1 is 0.971 bits per heavy atom. The van der Waals surface area contributed by atoms with Gasteiger partial charge in [-0.1, -0.05) is 49.8 Å². The van der Waals surface area contributed by atoms with Gasteiger partial charge >= 0.3 is 0 Å². The largest absolute Gasteiger partial charge is 0.251 e. The molecule has 3 aromatic rings. The molecule has 0 spiro atoms. The summed E-state index contributed by atoms with van der Waals surface area (Å²) in [5.74, 6) is -5.34. The molecule has 1 aromatic heterocycles. The Balaban J connectivity index is 1.52. The van der Waals surface area contributed by atoms with Crippen molar-refractivity contribution in [2.45, 2.75) is 63.7 Å². The number of aromatic nitrogens is 2. The number of aryl methyl sites for hydroxylation is 1. The Morgan fingerprint density at radius 2 is 1.63 bits per heavy atom. The van der Waals surface area contributed by atoms with E-state index in [1.54, 1.807) is 42.7 Å². The quantitative estimate of drug-likeness (QED) is 0.237. The normalized spacial score (nSPS) is 19.5. The monoisotopic (exact) mass is 482 g/mol. The highest BCUT2D eigenvalue weighted by molar-refractivity contribution is 5.69. The van der Waals surface area contributed by atoms with Crippen LogP contribution < -0.4 is 0 Å². The van der Waals surface area contributed by atoms with Crippen molar-refractivity contribution in [3.63, 3.8) is 0 Å². The molecule has 0 aliphatic heterocycles. The topological polar surface area (TPSA) is 25.8 Å². The lowest BCUT2D eigenvalue weighted by Crippen LogP contribution is -2.35. The fraction of sp³-hybridized carbons (Fsp3) is 0.379. The van der Waals surface area contributed by atoms with Crippen LogP contribution in [0.5, 0.6) is 0 Å². The smallest absolute Gasteiger partial charge is 0.236 e. The van der Waals surface area contributed by atoms with Gasteiger partial charge < -0.3 is 0 Å². The SMILES string of the molecule is C=CCCc1cnc(-c2ccc(-c3ccc(C4CCC(CCC)C(F)(F)C4)cc3)c(F)c2F)nc1. The Labute approximate surface area is 204 Å². The molecule has 0 amide bonds. The maximum Gasteiger partial charge on any atom is 0.251 e. The summed E-state index contributed by atoms with van der Waals surface area (Å²) in [5.41, 5.74) is 2.29.